The van der Waals surface area contributed by atoms with Crippen LogP contribution < -0.4 is 4.74 Å². The Bertz CT molecular complexity index is 605. The molecule has 0 saturated carbocycles. The van der Waals surface area contributed by atoms with Crippen molar-refractivity contribution in [3.05, 3.63) is 53.6 Å². The molecule has 0 spiro atoms. The summed E-state index contributed by atoms with van der Waals surface area (Å²) in [6, 6.07) is 15.0. The zero-order chi connectivity index (χ0) is 13.5. The molecule has 1 nitrogen and oxygen atoms in total. The molecule has 3 rings (SSSR count). The SMILES string of the molecule is CC(C)(C)COc1cccc2c1-c1ccccc1C2. The molecule has 0 N–H and O–H groups in total. The van der Waals surface area contributed by atoms with E-state index in [0.717, 1.165) is 18.8 Å². The summed E-state index contributed by atoms with van der Waals surface area (Å²) in [6.45, 7) is 7.34. The lowest BCUT2D eigenvalue weighted by molar-refractivity contribution is 0.198. The molecular weight excluding hydrogens is 232 g/mol. The first kappa shape index (κ1) is 12.3. The van der Waals surface area contributed by atoms with Gasteiger partial charge in [-0.2, -0.15) is 0 Å². The van der Waals surface area contributed by atoms with E-state index in [9.17, 15) is 0 Å². The van der Waals surface area contributed by atoms with Crippen LogP contribution in [0.25, 0.3) is 11.1 Å². The second kappa shape index (κ2) is 4.41. The Hall–Kier alpha value is -1.76. The summed E-state index contributed by atoms with van der Waals surface area (Å²) in [6.07, 6.45) is 1.03. The maximum atomic E-state index is 6.07. The van der Waals surface area contributed by atoms with Crippen LogP contribution in [-0.2, 0) is 6.42 Å². The van der Waals surface area contributed by atoms with E-state index in [4.69, 9.17) is 4.74 Å². The average molecular weight is 252 g/mol. The third-order valence-corrected chi connectivity index (χ3v) is 3.44. The van der Waals surface area contributed by atoms with Crippen LogP contribution in [0.5, 0.6) is 5.75 Å². The van der Waals surface area contributed by atoms with Gasteiger partial charge in [0, 0.05) is 5.56 Å². The van der Waals surface area contributed by atoms with Crippen LogP contribution in [0.15, 0.2) is 42.5 Å². The summed E-state index contributed by atoms with van der Waals surface area (Å²) in [5.74, 6) is 1.03. The van der Waals surface area contributed by atoms with E-state index in [2.05, 4.69) is 63.2 Å². The summed E-state index contributed by atoms with van der Waals surface area (Å²) < 4.78 is 6.07. The topological polar surface area (TPSA) is 9.23 Å². The number of benzene rings is 2. The Morgan fingerprint density at radius 1 is 0.947 bits per heavy atom. The largest absolute Gasteiger partial charge is 0.492 e. The zero-order valence-corrected chi connectivity index (χ0v) is 11.9. The van der Waals surface area contributed by atoms with Crippen LogP contribution in [0, 0.1) is 5.41 Å². The minimum atomic E-state index is 0.181. The summed E-state index contributed by atoms with van der Waals surface area (Å²) >= 11 is 0. The number of hydrogen-bond donors (Lipinski definition) is 0. The highest BCUT2D eigenvalue weighted by Crippen LogP contribution is 2.42. The van der Waals surface area contributed by atoms with Gasteiger partial charge in [-0.1, -0.05) is 57.2 Å². The van der Waals surface area contributed by atoms with Crippen LogP contribution in [0.4, 0.5) is 0 Å². The number of ether oxygens (including phenoxy) is 1. The Balaban J connectivity index is 2.00. The van der Waals surface area contributed by atoms with E-state index >= 15 is 0 Å². The molecule has 19 heavy (non-hydrogen) atoms. The van der Waals surface area contributed by atoms with Gasteiger partial charge in [-0.25, -0.2) is 0 Å². The Morgan fingerprint density at radius 3 is 2.47 bits per heavy atom. The van der Waals surface area contributed by atoms with Gasteiger partial charge >= 0.3 is 0 Å². The van der Waals surface area contributed by atoms with Crippen LogP contribution in [0.2, 0.25) is 0 Å². The van der Waals surface area contributed by atoms with Crippen molar-refractivity contribution >= 4 is 0 Å². The lowest BCUT2D eigenvalue weighted by atomic mass is 9.98. The van der Waals surface area contributed by atoms with Crippen molar-refractivity contribution in [1.82, 2.24) is 0 Å². The molecular formula is C18H20O. The van der Waals surface area contributed by atoms with Crippen molar-refractivity contribution in [1.29, 1.82) is 0 Å². The maximum Gasteiger partial charge on any atom is 0.127 e. The van der Waals surface area contributed by atoms with Crippen molar-refractivity contribution in [2.24, 2.45) is 5.41 Å². The highest BCUT2D eigenvalue weighted by atomic mass is 16.5. The van der Waals surface area contributed by atoms with Crippen LogP contribution in [0.3, 0.4) is 0 Å². The maximum absolute atomic E-state index is 6.07. The minimum Gasteiger partial charge on any atom is -0.492 e. The summed E-state index contributed by atoms with van der Waals surface area (Å²) in [5, 5.41) is 0. The molecule has 0 fully saturated rings. The van der Waals surface area contributed by atoms with Gasteiger partial charge in [-0.3, -0.25) is 0 Å². The van der Waals surface area contributed by atoms with Gasteiger partial charge in [0.1, 0.15) is 5.75 Å². The van der Waals surface area contributed by atoms with E-state index < -0.39 is 0 Å². The monoisotopic (exact) mass is 252 g/mol. The molecule has 1 heteroatoms. The molecule has 0 bridgehead atoms. The summed E-state index contributed by atoms with van der Waals surface area (Å²) in [4.78, 5) is 0. The first-order chi connectivity index (χ1) is 9.04. The molecule has 2 aromatic carbocycles. The fourth-order valence-electron chi connectivity index (χ4n) is 2.57. The molecule has 0 atom stereocenters. The zero-order valence-electron chi connectivity index (χ0n) is 11.9. The quantitative estimate of drug-likeness (QED) is 0.643. The standard InChI is InChI=1S/C18H20O/c1-18(2,3)12-19-16-10-6-8-14-11-13-7-4-5-9-15(13)17(14)16/h4-10H,11-12H2,1-3H3. The number of fused-ring (bicyclic) bond motifs is 3. The first-order valence-electron chi connectivity index (χ1n) is 6.87. The molecule has 0 aromatic heterocycles. The van der Waals surface area contributed by atoms with Gasteiger partial charge in [0.05, 0.1) is 6.61 Å². The summed E-state index contributed by atoms with van der Waals surface area (Å²) in [7, 11) is 0. The van der Waals surface area contributed by atoms with Crippen LogP contribution in [0.1, 0.15) is 31.9 Å². The molecule has 0 unspecified atom stereocenters. The highest BCUT2D eigenvalue weighted by molar-refractivity contribution is 5.81. The molecule has 0 aliphatic heterocycles. The lowest BCUT2D eigenvalue weighted by Crippen LogP contribution is -2.17. The Morgan fingerprint density at radius 2 is 1.68 bits per heavy atom. The van der Waals surface area contributed by atoms with Crippen molar-refractivity contribution in [2.75, 3.05) is 6.61 Å². The minimum absolute atomic E-state index is 0.181. The smallest absolute Gasteiger partial charge is 0.127 e. The van der Waals surface area contributed by atoms with Crippen molar-refractivity contribution in [2.45, 2.75) is 27.2 Å². The van der Waals surface area contributed by atoms with Gasteiger partial charge < -0.3 is 4.74 Å². The van der Waals surface area contributed by atoms with E-state index in [1.54, 1.807) is 0 Å². The van der Waals surface area contributed by atoms with Crippen molar-refractivity contribution in [3.8, 4) is 16.9 Å². The Labute approximate surface area is 115 Å². The first-order valence-corrected chi connectivity index (χ1v) is 6.87. The second-order valence-corrected chi connectivity index (χ2v) is 6.47. The predicted molar refractivity (Wildman–Crippen MR) is 79.6 cm³/mol. The fourth-order valence-corrected chi connectivity index (χ4v) is 2.57. The van der Waals surface area contributed by atoms with Crippen LogP contribution >= 0.6 is 0 Å². The normalized spacial score (nSPS) is 13.0. The highest BCUT2D eigenvalue weighted by Gasteiger charge is 2.22. The molecule has 1 aliphatic rings. The van der Waals surface area contributed by atoms with Gasteiger partial charge in [-0.05, 0) is 34.6 Å². The van der Waals surface area contributed by atoms with E-state index in [0.29, 0.717) is 0 Å². The Kier molecular flexibility index (Phi) is 2.85. The molecule has 98 valence electrons. The van der Waals surface area contributed by atoms with E-state index in [1.807, 2.05) is 0 Å². The number of rotatable bonds is 2. The lowest BCUT2D eigenvalue weighted by Gasteiger charge is -2.20. The van der Waals surface area contributed by atoms with Crippen LogP contribution in [-0.4, -0.2) is 6.61 Å². The molecule has 0 radical (unpaired) electrons. The van der Waals surface area contributed by atoms with Gasteiger partial charge in [-0.15, -0.1) is 0 Å². The van der Waals surface area contributed by atoms with Crippen molar-refractivity contribution in [3.63, 3.8) is 0 Å². The van der Waals surface area contributed by atoms with E-state index in [-0.39, 0.29) is 5.41 Å². The van der Waals surface area contributed by atoms with Crippen molar-refractivity contribution < 1.29 is 4.74 Å². The molecule has 2 aromatic rings. The van der Waals surface area contributed by atoms with Gasteiger partial charge in [0.15, 0.2) is 0 Å². The average Bonchev–Trinajstić information content (AvgIpc) is 2.74. The van der Waals surface area contributed by atoms with Gasteiger partial charge in [0.25, 0.3) is 0 Å². The molecule has 0 amide bonds. The molecule has 0 heterocycles. The molecule has 0 saturated heterocycles. The third kappa shape index (κ3) is 2.37. The van der Waals surface area contributed by atoms with Gasteiger partial charge in [0.2, 0.25) is 0 Å². The second-order valence-electron chi connectivity index (χ2n) is 6.47. The summed E-state index contributed by atoms with van der Waals surface area (Å²) in [5.41, 5.74) is 5.60. The number of hydrogen-bond acceptors (Lipinski definition) is 1. The van der Waals surface area contributed by atoms with E-state index in [1.165, 1.54) is 22.3 Å². The third-order valence-electron chi connectivity index (χ3n) is 3.44. The fraction of sp³-hybridized carbons (Fsp3) is 0.333. The molecule has 1 aliphatic carbocycles. The predicted octanol–water partition coefficient (Wildman–Crippen LogP) is 4.68.